The number of amides is 2. The van der Waals surface area contributed by atoms with Crippen molar-refractivity contribution in [3.63, 3.8) is 0 Å². The molecule has 154 valence electrons. The number of carbonyl (C=O) groups is 2. The van der Waals surface area contributed by atoms with Gasteiger partial charge in [0, 0.05) is 0 Å². The highest BCUT2D eigenvalue weighted by molar-refractivity contribution is 6.22. The van der Waals surface area contributed by atoms with Gasteiger partial charge in [-0.1, -0.05) is 6.07 Å². The van der Waals surface area contributed by atoms with E-state index in [1.807, 2.05) is 25.1 Å². The van der Waals surface area contributed by atoms with Crippen LogP contribution in [0.2, 0.25) is 0 Å². The summed E-state index contributed by atoms with van der Waals surface area (Å²) in [4.78, 5) is 26.4. The van der Waals surface area contributed by atoms with E-state index in [1.165, 1.54) is 4.90 Å². The molecule has 1 atom stereocenters. The number of benzene rings is 2. The lowest BCUT2D eigenvalue weighted by molar-refractivity contribution is -0.121. The number of nitrogens with one attached hydrogen (secondary N) is 1. The summed E-state index contributed by atoms with van der Waals surface area (Å²) in [5.74, 6) is 1.61. The van der Waals surface area contributed by atoms with E-state index in [4.69, 9.17) is 14.2 Å². The molecule has 1 aliphatic rings. The van der Waals surface area contributed by atoms with E-state index in [9.17, 15) is 9.59 Å². The molecule has 0 bridgehead atoms. The predicted octanol–water partition coefficient (Wildman–Crippen LogP) is 2.57. The Labute approximate surface area is 170 Å². The van der Waals surface area contributed by atoms with Gasteiger partial charge < -0.3 is 19.5 Å². The molecular weight excluding hydrogens is 372 g/mol. The van der Waals surface area contributed by atoms with Crippen LogP contribution in [0.15, 0.2) is 42.5 Å². The molecule has 3 rings (SSSR count). The molecule has 0 aliphatic carbocycles. The summed E-state index contributed by atoms with van der Waals surface area (Å²) in [6, 6.07) is 12.2. The van der Waals surface area contributed by atoms with Gasteiger partial charge >= 0.3 is 0 Å². The van der Waals surface area contributed by atoms with Gasteiger partial charge in [-0.05, 0) is 61.9 Å². The van der Waals surface area contributed by atoms with Crippen LogP contribution in [-0.4, -0.2) is 45.2 Å². The molecule has 0 radical (unpaired) electrons. The quantitative estimate of drug-likeness (QED) is 0.654. The smallest absolute Gasteiger partial charge is 0.251 e. The fraction of sp³-hybridized carbons (Fsp3) is 0.364. The third-order valence-corrected chi connectivity index (χ3v) is 4.80. The van der Waals surface area contributed by atoms with Crippen LogP contribution < -0.4 is 24.4 Å². The van der Waals surface area contributed by atoms with Crippen molar-refractivity contribution in [2.24, 2.45) is 0 Å². The van der Waals surface area contributed by atoms with E-state index >= 15 is 0 Å². The highest BCUT2D eigenvalue weighted by Crippen LogP contribution is 2.28. The lowest BCUT2D eigenvalue weighted by Crippen LogP contribution is -2.39. The zero-order chi connectivity index (χ0) is 20.8. The number of hydrogen-bond donors (Lipinski definition) is 1. The van der Waals surface area contributed by atoms with E-state index in [0.717, 1.165) is 5.56 Å². The largest absolute Gasteiger partial charge is 0.494 e. The van der Waals surface area contributed by atoms with Gasteiger partial charge in [0.2, 0.25) is 5.91 Å². The second kappa shape index (κ2) is 9.43. The predicted molar refractivity (Wildman–Crippen MR) is 110 cm³/mol. The van der Waals surface area contributed by atoms with E-state index < -0.39 is 6.04 Å². The first kappa shape index (κ1) is 20.7. The van der Waals surface area contributed by atoms with Crippen LogP contribution in [0.3, 0.4) is 0 Å². The number of imide groups is 1. The van der Waals surface area contributed by atoms with Crippen LogP contribution in [0.1, 0.15) is 18.9 Å². The van der Waals surface area contributed by atoms with Crippen LogP contribution in [0, 0.1) is 0 Å². The molecule has 2 aromatic carbocycles. The van der Waals surface area contributed by atoms with Gasteiger partial charge in [0.25, 0.3) is 5.91 Å². The first-order valence-corrected chi connectivity index (χ1v) is 9.61. The minimum Gasteiger partial charge on any atom is -0.494 e. The monoisotopic (exact) mass is 398 g/mol. The van der Waals surface area contributed by atoms with Crippen LogP contribution in [0.25, 0.3) is 0 Å². The Morgan fingerprint density at radius 2 is 1.76 bits per heavy atom. The van der Waals surface area contributed by atoms with E-state index in [-0.39, 0.29) is 18.2 Å². The minimum atomic E-state index is -0.519. The number of ether oxygens (including phenoxy) is 3. The van der Waals surface area contributed by atoms with Crippen molar-refractivity contribution in [2.75, 3.05) is 32.3 Å². The summed E-state index contributed by atoms with van der Waals surface area (Å²) in [6.45, 7) is 3.03. The second-order valence-corrected chi connectivity index (χ2v) is 6.64. The zero-order valence-electron chi connectivity index (χ0n) is 16.9. The van der Waals surface area contributed by atoms with Crippen LogP contribution in [0.4, 0.5) is 5.69 Å². The second-order valence-electron chi connectivity index (χ2n) is 6.64. The Hall–Kier alpha value is -3.06. The average Bonchev–Trinajstić information content (AvgIpc) is 3.02. The van der Waals surface area contributed by atoms with Gasteiger partial charge in [0.15, 0.2) is 11.5 Å². The Bertz CT molecular complexity index is 866. The van der Waals surface area contributed by atoms with Crippen molar-refractivity contribution in [3.05, 3.63) is 48.0 Å². The zero-order valence-corrected chi connectivity index (χ0v) is 16.9. The highest BCUT2D eigenvalue weighted by Gasteiger charge is 2.39. The van der Waals surface area contributed by atoms with Crippen molar-refractivity contribution in [3.8, 4) is 17.2 Å². The molecular formula is C22H26N2O5. The Kier molecular flexibility index (Phi) is 6.72. The number of methoxy groups -OCH3 is 2. The van der Waals surface area contributed by atoms with Gasteiger partial charge in [0.05, 0.1) is 39.0 Å². The van der Waals surface area contributed by atoms with Crippen molar-refractivity contribution in [1.82, 2.24) is 5.32 Å². The molecule has 2 aromatic rings. The normalized spacial score (nSPS) is 16.2. The molecule has 0 aromatic heterocycles. The van der Waals surface area contributed by atoms with Crippen LogP contribution in [-0.2, 0) is 16.0 Å². The van der Waals surface area contributed by atoms with Gasteiger partial charge in [-0.15, -0.1) is 0 Å². The third-order valence-electron chi connectivity index (χ3n) is 4.80. The lowest BCUT2D eigenvalue weighted by Gasteiger charge is -2.16. The number of nitrogens with zero attached hydrogens (tertiary/aromatic N) is 1. The fourth-order valence-corrected chi connectivity index (χ4v) is 3.35. The van der Waals surface area contributed by atoms with Crippen LogP contribution in [0.5, 0.6) is 17.2 Å². The van der Waals surface area contributed by atoms with Crippen molar-refractivity contribution in [2.45, 2.75) is 25.8 Å². The molecule has 0 saturated carbocycles. The van der Waals surface area contributed by atoms with E-state index in [2.05, 4.69) is 5.32 Å². The molecule has 7 heteroatoms. The van der Waals surface area contributed by atoms with Crippen LogP contribution >= 0.6 is 0 Å². The summed E-state index contributed by atoms with van der Waals surface area (Å²) in [7, 11) is 3.19. The first-order valence-electron chi connectivity index (χ1n) is 9.61. The fourth-order valence-electron chi connectivity index (χ4n) is 3.35. The highest BCUT2D eigenvalue weighted by atomic mass is 16.5. The van der Waals surface area contributed by atoms with Gasteiger partial charge in [0.1, 0.15) is 5.75 Å². The number of hydrogen-bond acceptors (Lipinski definition) is 6. The molecule has 7 nitrogen and oxygen atoms in total. The SMILES string of the molecule is CCOc1ccc(N2C(=O)CC(NCCc3ccc(OC)c(OC)c3)C2=O)cc1. The number of carbonyl (C=O) groups excluding carboxylic acids is 2. The Balaban J connectivity index is 1.58. The molecule has 1 unspecified atom stereocenters. The van der Waals surface area contributed by atoms with Gasteiger partial charge in [-0.2, -0.15) is 0 Å². The van der Waals surface area contributed by atoms with Crippen molar-refractivity contribution >= 4 is 17.5 Å². The Morgan fingerprint density at radius 3 is 2.41 bits per heavy atom. The lowest BCUT2D eigenvalue weighted by atomic mass is 10.1. The summed E-state index contributed by atoms with van der Waals surface area (Å²) in [5.41, 5.74) is 1.61. The molecule has 1 N–H and O–H groups in total. The molecule has 29 heavy (non-hydrogen) atoms. The van der Waals surface area contributed by atoms with Gasteiger partial charge in [-0.25, -0.2) is 4.90 Å². The summed E-state index contributed by atoms with van der Waals surface area (Å²) < 4.78 is 16.0. The van der Waals surface area contributed by atoms with Gasteiger partial charge in [-0.3, -0.25) is 9.59 Å². The van der Waals surface area contributed by atoms with E-state index in [1.54, 1.807) is 38.5 Å². The Morgan fingerprint density at radius 1 is 1.03 bits per heavy atom. The third kappa shape index (κ3) is 4.68. The van der Waals surface area contributed by atoms with Crippen molar-refractivity contribution in [1.29, 1.82) is 0 Å². The number of anilines is 1. The molecule has 1 saturated heterocycles. The minimum absolute atomic E-state index is 0.151. The topological polar surface area (TPSA) is 77.1 Å². The molecule has 2 amide bonds. The molecule has 1 aliphatic heterocycles. The standard InChI is InChI=1S/C22H26N2O5/c1-4-29-17-8-6-16(7-9-17)24-21(25)14-18(22(24)26)23-12-11-15-5-10-19(27-2)20(13-15)28-3/h5-10,13,18,23H,4,11-12,14H2,1-3H3. The van der Waals surface area contributed by atoms with E-state index in [0.29, 0.717) is 42.5 Å². The summed E-state index contributed by atoms with van der Waals surface area (Å²) in [5, 5.41) is 3.20. The average molecular weight is 398 g/mol. The molecule has 1 heterocycles. The maximum Gasteiger partial charge on any atom is 0.251 e. The number of rotatable bonds is 9. The summed E-state index contributed by atoms with van der Waals surface area (Å²) in [6.07, 6.45) is 0.847. The maximum absolute atomic E-state index is 12.7. The molecule has 0 spiro atoms. The molecule has 1 fully saturated rings. The first-order chi connectivity index (χ1) is 14.1. The maximum atomic E-state index is 12.7. The summed E-state index contributed by atoms with van der Waals surface area (Å²) >= 11 is 0. The van der Waals surface area contributed by atoms with Crippen molar-refractivity contribution < 1.29 is 23.8 Å².